The zero-order valence-electron chi connectivity index (χ0n) is 13.3. The SMILES string of the molecule is COC(=O)C(C)Cc1cn([C@@H]2O[C@H](CO)[C@@H](O)[C@@H]2O)c(=O)nc1N. The highest BCUT2D eigenvalue weighted by molar-refractivity contribution is 5.72. The molecule has 0 amide bonds. The fourth-order valence-corrected chi connectivity index (χ4v) is 2.59. The predicted molar refractivity (Wildman–Crippen MR) is 80.8 cm³/mol. The second kappa shape index (κ2) is 7.26. The van der Waals surface area contributed by atoms with Crippen LogP contribution in [0.25, 0.3) is 0 Å². The molecule has 0 spiro atoms. The third-order valence-corrected chi connectivity index (χ3v) is 3.98. The summed E-state index contributed by atoms with van der Waals surface area (Å²) < 4.78 is 10.9. The first-order valence-electron chi connectivity index (χ1n) is 7.38. The normalized spacial score (nSPS) is 27.9. The zero-order valence-corrected chi connectivity index (χ0v) is 13.3. The fraction of sp³-hybridized carbons (Fsp3) is 0.643. The summed E-state index contributed by atoms with van der Waals surface area (Å²) in [7, 11) is 1.26. The van der Waals surface area contributed by atoms with Gasteiger partial charge in [0, 0.05) is 11.8 Å². The molecule has 1 aliphatic heterocycles. The van der Waals surface area contributed by atoms with Gasteiger partial charge in [-0.05, 0) is 6.42 Å². The molecule has 10 nitrogen and oxygen atoms in total. The molecule has 1 aromatic rings. The van der Waals surface area contributed by atoms with Gasteiger partial charge in [-0.25, -0.2) is 4.79 Å². The number of nitrogens with zero attached hydrogens (tertiary/aromatic N) is 2. The molecule has 10 heteroatoms. The molecule has 2 heterocycles. The van der Waals surface area contributed by atoms with Crippen LogP contribution in [0, 0.1) is 5.92 Å². The molecule has 1 unspecified atom stereocenters. The molecule has 1 fully saturated rings. The summed E-state index contributed by atoms with van der Waals surface area (Å²) >= 11 is 0. The topological polar surface area (TPSA) is 157 Å². The first-order chi connectivity index (χ1) is 11.3. The van der Waals surface area contributed by atoms with E-state index in [0.29, 0.717) is 5.56 Å². The van der Waals surface area contributed by atoms with Gasteiger partial charge >= 0.3 is 11.7 Å². The van der Waals surface area contributed by atoms with Crippen LogP contribution in [-0.2, 0) is 20.7 Å². The molecule has 0 radical (unpaired) electrons. The van der Waals surface area contributed by atoms with Crippen LogP contribution in [0.15, 0.2) is 11.0 Å². The number of nitrogens with two attached hydrogens (primary N) is 1. The lowest BCUT2D eigenvalue weighted by molar-refractivity contribution is -0.144. The first-order valence-corrected chi connectivity index (χ1v) is 7.38. The number of hydrogen-bond acceptors (Lipinski definition) is 9. The highest BCUT2D eigenvalue weighted by Gasteiger charge is 2.44. The minimum atomic E-state index is -1.42. The van der Waals surface area contributed by atoms with Crippen molar-refractivity contribution in [1.82, 2.24) is 9.55 Å². The van der Waals surface area contributed by atoms with Gasteiger partial charge in [0.1, 0.15) is 24.1 Å². The summed E-state index contributed by atoms with van der Waals surface area (Å²) in [4.78, 5) is 27.2. The van der Waals surface area contributed by atoms with E-state index in [4.69, 9.17) is 15.6 Å². The number of carbonyl (C=O) groups excluding carboxylic acids is 1. The van der Waals surface area contributed by atoms with Crippen molar-refractivity contribution in [3.05, 3.63) is 22.2 Å². The maximum Gasteiger partial charge on any atom is 0.351 e. The third kappa shape index (κ3) is 3.41. The molecular weight excluding hydrogens is 322 g/mol. The molecule has 0 saturated carbocycles. The predicted octanol–water partition coefficient (Wildman–Crippen LogP) is -2.21. The Morgan fingerprint density at radius 2 is 2.17 bits per heavy atom. The van der Waals surface area contributed by atoms with Crippen molar-refractivity contribution in [3.63, 3.8) is 0 Å². The van der Waals surface area contributed by atoms with E-state index in [1.807, 2.05) is 0 Å². The van der Waals surface area contributed by atoms with E-state index < -0.39 is 48.7 Å². The van der Waals surface area contributed by atoms with E-state index in [0.717, 1.165) is 4.57 Å². The van der Waals surface area contributed by atoms with Gasteiger partial charge in [0.2, 0.25) is 0 Å². The maximum atomic E-state index is 12.0. The molecule has 0 aromatic carbocycles. The number of methoxy groups -OCH3 is 1. The van der Waals surface area contributed by atoms with Gasteiger partial charge < -0.3 is 30.5 Å². The highest BCUT2D eigenvalue weighted by atomic mass is 16.6. The summed E-state index contributed by atoms with van der Waals surface area (Å²) in [6.07, 6.45) is -3.51. The second-order valence-corrected chi connectivity index (χ2v) is 5.70. The summed E-state index contributed by atoms with van der Waals surface area (Å²) in [5, 5.41) is 28.9. The number of rotatable bonds is 5. The number of hydrogen-bond donors (Lipinski definition) is 4. The van der Waals surface area contributed by atoms with Crippen LogP contribution in [0.1, 0.15) is 18.7 Å². The van der Waals surface area contributed by atoms with Crippen molar-refractivity contribution in [2.45, 2.75) is 37.9 Å². The van der Waals surface area contributed by atoms with E-state index in [1.54, 1.807) is 6.92 Å². The lowest BCUT2D eigenvalue weighted by Gasteiger charge is -2.19. The number of anilines is 1. The average molecular weight is 343 g/mol. The standard InChI is InChI=1S/C14H21N3O7/c1-6(13(21)23-2)3-7-4-17(14(22)16-11(7)15)12-10(20)9(19)8(5-18)24-12/h4,6,8-10,12,18-20H,3,5H2,1-2H3,(H2,15,16,22)/t6?,8-,9-,10+,12-/m1/s1. The van der Waals surface area contributed by atoms with E-state index in [-0.39, 0.29) is 12.2 Å². The zero-order chi connectivity index (χ0) is 18.0. The van der Waals surface area contributed by atoms with Crippen LogP contribution in [0.2, 0.25) is 0 Å². The Hall–Kier alpha value is -2.01. The molecule has 1 aliphatic rings. The quantitative estimate of drug-likeness (QED) is 0.435. The van der Waals surface area contributed by atoms with Crippen molar-refractivity contribution in [3.8, 4) is 0 Å². The third-order valence-electron chi connectivity index (χ3n) is 3.98. The van der Waals surface area contributed by atoms with Gasteiger partial charge in [-0.3, -0.25) is 9.36 Å². The molecular formula is C14H21N3O7. The van der Waals surface area contributed by atoms with Crippen LogP contribution in [0.4, 0.5) is 5.82 Å². The van der Waals surface area contributed by atoms with Crippen LogP contribution in [0.3, 0.4) is 0 Å². The Kier molecular flexibility index (Phi) is 5.54. The Morgan fingerprint density at radius 1 is 1.50 bits per heavy atom. The maximum absolute atomic E-state index is 12.0. The van der Waals surface area contributed by atoms with Crippen LogP contribution in [-0.4, -0.2) is 62.9 Å². The summed E-state index contributed by atoms with van der Waals surface area (Å²) in [6, 6.07) is 0. The first kappa shape index (κ1) is 18.3. The Bertz CT molecular complexity index is 662. The molecule has 0 bridgehead atoms. The number of esters is 1. The van der Waals surface area contributed by atoms with Crippen molar-refractivity contribution in [1.29, 1.82) is 0 Å². The van der Waals surface area contributed by atoms with Crippen molar-refractivity contribution < 1.29 is 29.6 Å². The lowest BCUT2D eigenvalue weighted by Crippen LogP contribution is -2.36. The smallest absolute Gasteiger partial charge is 0.351 e. The number of aliphatic hydroxyl groups excluding tert-OH is 3. The van der Waals surface area contributed by atoms with Crippen molar-refractivity contribution >= 4 is 11.8 Å². The summed E-state index contributed by atoms with van der Waals surface area (Å²) in [5.74, 6) is -1.01. The molecule has 134 valence electrons. The Labute approximate surface area is 137 Å². The second-order valence-electron chi connectivity index (χ2n) is 5.70. The number of ether oxygens (including phenoxy) is 2. The van der Waals surface area contributed by atoms with Crippen LogP contribution >= 0.6 is 0 Å². The van der Waals surface area contributed by atoms with Crippen molar-refractivity contribution in [2.75, 3.05) is 19.5 Å². The molecule has 24 heavy (non-hydrogen) atoms. The summed E-state index contributed by atoms with van der Waals surface area (Å²) in [6.45, 7) is 1.12. The van der Waals surface area contributed by atoms with Gasteiger partial charge in [-0.15, -0.1) is 0 Å². The number of nitrogen functional groups attached to an aromatic ring is 1. The summed E-state index contributed by atoms with van der Waals surface area (Å²) in [5.41, 5.74) is 5.34. The molecule has 5 N–H and O–H groups in total. The number of aliphatic hydroxyl groups is 3. The van der Waals surface area contributed by atoms with E-state index >= 15 is 0 Å². The van der Waals surface area contributed by atoms with Crippen LogP contribution < -0.4 is 11.4 Å². The van der Waals surface area contributed by atoms with Crippen LogP contribution in [0.5, 0.6) is 0 Å². The molecule has 0 aliphatic carbocycles. The van der Waals surface area contributed by atoms with Gasteiger partial charge in [-0.1, -0.05) is 6.92 Å². The molecule has 1 aromatic heterocycles. The lowest BCUT2D eigenvalue weighted by atomic mass is 10.0. The molecule has 2 rings (SSSR count). The van der Waals surface area contributed by atoms with Gasteiger partial charge in [0.05, 0.1) is 19.6 Å². The minimum Gasteiger partial charge on any atom is -0.469 e. The highest BCUT2D eigenvalue weighted by Crippen LogP contribution is 2.28. The van der Waals surface area contributed by atoms with Crippen molar-refractivity contribution in [2.24, 2.45) is 5.92 Å². The average Bonchev–Trinajstić information content (AvgIpc) is 2.84. The molecule has 5 atom stereocenters. The monoisotopic (exact) mass is 343 g/mol. The van der Waals surface area contributed by atoms with E-state index in [2.05, 4.69) is 9.72 Å². The fourth-order valence-electron chi connectivity index (χ4n) is 2.59. The Balaban J connectivity index is 2.33. The molecule has 1 saturated heterocycles. The van der Waals surface area contributed by atoms with E-state index in [1.165, 1.54) is 13.3 Å². The van der Waals surface area contributed by atoms with Gasteiger partial charge in [0.15, 0.2) is 6.23 Å². The number of carbonyl (C=O) groups is 1. The largest absolute Gasteiger partial charge is 0.469 e. The minimum absolute atomic E-state index is 0.0428. The van der Waals surface area contributed by atoms with Gasteiger partial charge in [0.25, 0.3) is 0 Å². The number of aromatic nitrogens is 2. The Morgan fingerprint density at radius 3 is 2.71 bits per heavy atom. The van der Waals surface area contributed by atoms with Gasteiger partial charge in [-0.2, -0.15) is 4.98 Å². The van der Waals surface area contributed by atoms with E-state index in [9.17, 15) is 19.8 Å².